The van der Waals surface area contributed by atoms with E-state index in [1.54, 1.807) is 6.07 Å². The van der Waals surface area contributed by atoms with Crippen LogP contribution in [0.15, 0.2) is 53.3 Å². The van der Waals surface area contributed by atoms with Crippen molar-refractivity contribution in [1.82, 2.24) is 19.7 Å². The number of hydrogen-bond donors (Lipinski definition) is 2. The van der Waals surface area contributed by atoms with Gasteiger partial charge in [-0.25, -0.2) is 9.37 Å². The van der Waals surface area contributed by atoms with E-state index in [0.29, 0.717) is 48.3 Å². The second-order valence-electron chi connectivity index (χ2n) is 7.45. The first-order valence-electron chi connectivity index (χ1n) is 9.82. The molecule has 7 heteroatoms. The van der Waals surface area contributed by atoms with E-state index in [1.807, 2.05) is 30.3 Å². The molecule has 2 aromatic heterocycles. The van der Waals surface area contributed by atoms with Crippen LogP contribution in [0.5, 0.6) is 0 Å². The Hall–Kier alpha value is -3.19. The van der Waals surface area contributed by atoms with Crippen LogP contribution in [0.3, 0.4) is 0 Å². The Balaban J connectivity index is 1.64. The van der Waals surface area contributed by atoms with Gasteiger partial charge < -0.3 is 9.72 Å². The van der Waals surface area contributed by atoms with Gasteiger partial charge in [0.15, 0.2) is 0 Å². The molecule has 0 atom stereocenters. The number of benzene rings is 2. The van der Waals surface area contributed by atoms with Gasteiger partial charge in [0, 0.05) is 24.3 Å². The van der Waals surface area contributed by atoms with Gasteiger partial charge in [-0.3, -0.25) is 9.89 Å². The van der Waals surface area contributed by atoms with Crippen molar-refractivity contribution in [3.8, 4) is 17.2 Å². The van der Waals surface area contributed by atoms with Crippen LogP contribution < -0.4 is 5.56 Å². The summed E-state index contributed by atoms with van der Waals surface area (Å²) in [6, 6.07) is 13.9. The Bertz CT molecular complexity index is 1180. The second-order valence-corrected chi connectivity index (χ2v) is 7.45. The molecule has 0 radical (unpaired) electrons. The Morgan fingerprint density at radius 2 is 1.97 bits per heavy atom. The second kappa shape index (κ2) is 7.33. The highest BCUT2D eigenvalue weighted by atomic mass is 19.1. The molecular formula is C22H21FN4O2. The van der Waals surface area contributed by atoms with E-state index in [0.717, 1.165) is 23.9 Å². The third-order valence-electron chi connectivity index (χ3n) is 5.52. The van der Waals surface area contributed by atoms with Crippen LogP contribution in [-0.2, 0) is 11.2 Å². The van der Waals surface area contributed by atoms with Gasteiger partial charge in [0.2, 0.25) is 5.95 Å². The number of fused-ring (bicyclic) bond motifs is 1. The van der Waals surface area contributed by atoms with Gasteiger partial charge in [-0.05, 0) is 49.4 Å². The molecule has 0 spiro atoms. The van der Waals surface area contributed by atoms with Gasteiger partial charge in [-0.1, -0.05) is 24.3 Å². The fourth-order valence-electron chi connectivity index (χ4n) is 3.98. The number of nitrogens with zero attached hydrogens (tertiary/aromatic N) is 2. The fourth-order valence-corrected chi connectivity index (χ4v) is 3.98. The standard InChI is InChI=1S/C22H21FN4O2/c23-16-5-3-4-15(13-16)20-17(12-14-8-10-29-11-9-14)21(28)27(26-20)22-24-18-6-1-2-7-19(18)25-22/h1-7,13-14,26H,8-12H2,(H,24,25). The summed E-state index contributed by atoms with van der Waals surface area (Å²) in [5.74, 6) is 0.451. The summed E-state index contributed by atoms with van der Waals surface area (Å²) < 4.78 is 20.8. The number of para-hydroxylation sites is 2. The van der Waals surface area contributed by atoms with E-state index in [-0.39, 0.29) is 11.4 Å². The smallest absolute Gasteiger partial charge is 0.277 e. The Kier molecular flexibility index (Phi) is 4.52. The molecule has 3 heterocycles. The number of rotatable bonds is 4. The van der Waals surface area contributed by atoms with Gasteiger partial charge in [0.25, 0.3) is 5.56 Å². The van der Waals surface area contributed by atoms with E-state index in [4.69, 9.17) is 4.74 Å². The molecule has 0 unspecified atom stereocenters. The molecule has 1 aliphatic rings. The molecule has 29 heavy (non-hydrogen) atoms. The van der Waals surface area contributed by atoms with E-state index < -0.39 is 0 Å². The number of aromatic nitrogens is 4. The molecular weight excluding hydrogens is 371 g/mol. The largest absolute Gasteiger partial charge is 0.381 e. The minimum atomic E-state index is -0.336. The van der Waals surface area contributed by atoms with Crippen LogP contribution in [0.25, 0.3) is 28.2 Å². The molecule has 1 saturated heterocycles. The number of halogens is 1. The molecule has 6 nitrogen and oxygen atoms in total. The molecule has 0 bridgehead atoms. The molecule has 0 aliphatic carbocycles. The van der Waals surface area contributed by atoms with Crippen molar-refractivity contribution in [3.63, 3.8) is 0 Å². The molecule has 0 amide bonds. The van der Waals surface area contributed by atoms with E-state index in [2.05, 4.69) is 15.1 Å². The SMILES string of the molecule is O=c1c(CC2CCOCC2)c(-c2cccc(F)c2)[nH]n1-c1nc2ccccc2[nH]1. The number of imidazole rings is 1. The fraction of sp³-hybridized carbons (Fsp3) is 0.273. The normalized spacial score (nSPS) is 15.2. The average Bonchev–Trinajstić information content (AvgIpc) is 3.30. The van der Waals surface area contributed by atoms with Crippen LogP contribution in [0, 0.1) is 11.7 Å². The number of ether oxygens (including phenoxy) is 1. The summed E-state index contributed by atoms with van der Waals surface area (Å²) in [6.45, 7) is 1.42. The Morgan fingerprint density at radius 1 is 1.14 bits per heavy atom. The minimum absolute atomic E-state index is 0.158. The van der Waals surface area contributed by atoms with E-state index in [1.165, 1.54) is 16.8 Å². The van der Waals surface area contributed by atoms with Gasteiger partial charge in [-0.2, -0.15) is 4.68 Å². The highest BCUT2D eigenvalue weighted by molar-refractivity contribution is 5.76. The molecule has 0 saturated carbocycles. The quantitative estimate of drug-likeness (QED) is 0.554. The molecule has 2 aromatic carbocycles. The highest BCUT2D eigenvalue weighted by Crippen LogP contribution is 2.27. The van der Waals surface area contributed by atoms with Crippen molar-refractivity contribution in [2.75, 3.05) is 13.2 Å². The van der Waals surface area contributed by atoms with E-state index >= 15 is 0 Å². The molecule has 4 aromatic rings. The van der Waals surface area contributed by atoms with Crippen LogP contribution in [0.1, 0.15) is 18.4 Å². The zero-order chi connectivity index (χ0) is 19.8. The van der Waals surface area contributed by atoms with Gasteiger partial charge in [0.1, 0.15) is 5.82 Å². The Morgan fingerprint density at radius 3 is 2.76 bits per heavy atom. The maximum atomic E-state index is 13.9. The predicted octanol–water partition coefficient (Wildman–Crippen LogP) is 3.82. The van der Waals surface area contributed by atoms with Crippen LogP contribution in [0.4, 0.5) is 4.39 Å². The Labute approximate surface area is 166 Å². The van der Waals surface area contributed by atoms with Crippen molar-refractivity contribution in [3.05, 3.63) is 70.3 Å². The van der Waals surface area contributed by atoms with Crippen molar-refractivity contribution >= 4 is 11.0 Å². The molecule has 2 N–H and O–H groups in total. The molecule has 148 valence electrons. The lowest BCUT2D eigenvalue weighted by molar-refractivity contribution is 0.0665. The highest BCUT2D eigenvalue weighted by Gasteiger charge is 2.23. The summed E-state index contributed by atoms with van der Waals surface area (Å²) in [5.41, 5.74) is 3.42. The molecule has 5 rings (SSSR count). The lowest BCUT2D eigenvalue weighted by atomic mass is 9.91. The summed E-state index contributed by atoms with van der Waals surface area (Å²) >= 11 is 0. The van der Waals surface area contributed by atoms with Gasteiger partial charge in [0.05, 0.1) is 16.7 Å². The maximum Gasteiger partial charge on any atom is 0.277 e. The number of H-pyrrole nitrogens is 2. The van der Waals surface area contributed by atoms with Crippen LogP contribution in [-0.4, -0.2) is 33.0 Å². The third kappa shape index (κ3) is 3.38. The van der Waals surface area contributed by atoms with Gasteiger partial charge >= 0.3 is 0 Å². The summed E-state index contributed by atoms with van der Waals surface area (Å²) in [4.78, 5) is 21.1. The topological polar surface area (TPSA) is 75.7 Å². The van der Waals surface area contributed by atoms with Crippen molar-refractivity contribution in [2.45, 2.75) is 19.3 Å². The molecule has 1 aliphatic heterocycles. The summed E-state index contributed by atoms with van der Waals surface area (Å²) in [7, 11) is 0. The van der Waals surface area contributed by atoms with Crippen molar-refractivity contribution < 1.29 is 9.13 Å². The predicted molar refractivity (Wildman–Crippen MR) is 109 cm³/mol. The van der Waals surface area contributed by atoms with Crippen molar-refractivity contribution in [2.24, 2.45) is 5.92 Å². The molecule has 1 fully saturated rings. The van der Waals surface area contributed by atoms with E-state index in [9.17, 15) is 9.18 Å². The zero-order valence-corrected chi connectivity index (χ0v) is 15.8. The lowest BCUT2D eigenvalue weighted by Gasteiger charge is -2.21. The maximum absolute atomic E-state index is 13.9. The number of nitrogens with one attached hydrogen (secondary N) is 2. The lowest BCUT2D eigenvalue weighted by Crippen LogP contribution is -2.23. The van der Waals surface area contributed by atoms with Crippen LogP contribution in [0.2, 0.25) is 0 Å². The summed E-state index contributed by atoms with van der Waals surface area (Å²) in [6.07, 6.45) is 2.45. The third-order valence-corrected chi connectivity index (χ3v) is 5.52. The first-order chi connectivity index (χ1) is 14.2. The monoisotopic (exact) mass is 392 g/mol. The number of hydrogen-bond acceptors (Lipinski definition) is 3. The zero-order valence-electron chi connectivity index (χ0n) is 15.8. The van der Waals surface area contributed by atoms with Gasteiger partial charge in [-0.15, -0.1) is 0 Å². The van der Waals surface area contributed by atoms with Crippen molar-refractivity contribution in [1.29, 1.82) is 0 Å². The first-order valence-corrected chi connectivity index (χ1v) is 9.82. The number of aromatic amines is 2. The minimum Gasteiger partial charge on any atom is -0.381 e. The first kappa shape index (κ1) is 17.9. The average molecular weight is 392 g/mol. The van der Waals surface area contributed by atoms with Crippen LogP contribution >= 0.6 is 0 Å². The summed E-state index contributed by atoms with van der Waals surface area (Å²) in [5, 5.41) is 3.17.